The molecule has 0 aliphatic heterocycles. The largest absolute Gasteiger partial charge is 0.471 e. The van der Waals surface area contributed by atoms with Gasteiger partial charge in [0.15, 0.2) is 5.13 Å². The maximum absolute atomic E-state index is 12.4. The van der Waals surface area contributed by atoms with Gasteiger partial charge in [-0.05, 0) is 18.2 Å². The van der Waals surface area contributed by atoms with Gasteiger partial charge in [-0.15, -0.1) is 0 Å². The Morgan fingerprint density at radius 2 is 2.00 bits per heavy atom. The minimum Gasteiger partial charge on any atom is -0.439 e. The van der Waals surface area contributed by atoms with Gasteiger partial charge in [0.1, 0.15) is 16.1 Å². The van der Waals surface area contributed by atoms with Crippen molar-refractivity contribution in [2.45, 2.75) is 6.18 Å². The number of nitrogens with two attached hydrogens (primary N) is 1. The number of amides is 1. The lowest BCUT2D eigenvalue weighted by Crippen LogP contribution is -2.30. The number of hydrogen-bond donors (Lipinski definition) is 2. The zero-order chi connectivity index (χ0) is 18.2. The summed E-state index contributed by atoms with van der Waals surface area (Å²) in [4.78, 5) is 19.8. The van der Waals surface area contributed by atoms with E-state index < -0.39 is 12.1 Å². The number of nitrogens with one attached hydrogen (secondary N) is 1. The molecule has 0 atom stereocenters. The van der Waals surface area contributed by atoms with E-state index in [1.807, 2.05) is 0 Å². The smallest absolute Gasteiger partial charge is 0.439 e. The van der Waals surface area contributed by atoms with Gasteiger partial charge in [0.05, 0.1) is 10.7 Å². The van der Waals surface area contributed by atoms with Gasteiger partial charge in [-0.3, -0.25) is 4.79 Å². The van der Waals surface area contributed by atoms with Crippen molar-refractivity contribution in [2.24, 2.45) is 0 Å². The Bertz CT molecular complexity index is 961. The molecule has 3 aromatic rings. The number of nitrogens with zero attached hydrogens (tertiary/aromatic N) is 2. The molecule has 2 heterocycles. The summed E-state index contributed by atoms with van der Waals surface area (Å²) in [5, 5.41) is 1.97. The molecule has 6 nitrogen and oxygen atoms in total. The average Bonchev–Trinajstić information content (AvgIpc) is 2.89. The Hall–Kier alpha value is -2.59. The summed E-state index contributed by atoms with van der Waals surface area (Å²) in [7, 11) is 0. The number of halogens is 4. The first-order valence-corrected chi connectivity index (χ1v) is 7.80. The second kappa shape index (κ2) is 6.37. The van der Waals surface area contributed by atoms with Gasteiger partial charge in [0.2, 0.25) is 5.88 Å². The zero-order valence-electron chi connectivity index (χ0n) is 12.1. The number of benzene rings is 1. The maximum Gasteiger partial charge on any atom is 0.471 e. The fourth-order valence-corrected chi connectivity index (χ4v) is 2.71. The van der Waals surface area contributed by atoms with Gasteiger partial charge < -0.3 is 15.8 Å². The first-order valence-electron chi connectivity index (χ1n) is 6.61. The highest BCUT2D eigenvalue weighted by atomic mass is 35.5. The molecule has 0 bridgehead atoms. The van der Waals surface area contributed by atoms with Crippen molar-refractivity contribution < 1.29 is 22.7 Å². The third kappa shape index (κ3) is 3.91. The number of pyridine rings is 1. The summed E-state index contributed by atoms with van der Waals surface area (Å²) in [6, 6.07) is 7.07. The summed E-state index contributed by atoms with van der Waals surface area (Å²) in [5.74, 6) is -1.80. The van der Waals surface area contributed by atoms with E-state index in [1.165, 1.54) is 35.6 Å². The van der Waals surface area contributed by atoms with Crippen LogP contribution in [0.2, 0.25) is 5.02 Å². The van der Waals surface area contributed by atoms with Gasteiger partial charge in [-0.1, -0.05) is 22.9 Å². The molecule has 0 saturated carbocycles. The lowest BCUT2D eigenvalue weighted by molar-refractivity contribution is -0.167. The molecule has 0 aliphatic carbocycles. The Balaban J connectivity index is 1.84. The Morgan fingerprint density at radius 3 is 2.72 bits per heavy atom. The van der Waals surface area contributed by atoms with Crippen LogP contribution in [0.4, 0.5) is 24.0 Å². The molecule has 3 rings (SSSR count). The molecule has 1 amide bonds. The van der Waals surface area contributed by atoms with Crippen LogP contribution in [-0.2, 0) is 4.79 Å². The van der Waals surface area contributed by atoms with Gasteiger partial charge in [0, 0.05) is 12.1 Å². The number of ether oxygens (including phenoxy) is 1. The fourth-order valence-electron chi connectivity index (χ4n) is 1.85. The van der Waals surface area contributed by atoms with Gasteiger partial charge in [-0.25, -0.2) is 9.97 Å². The van der Waals surface area contributed by atoms with Crippen molar-refractivity contribution in [3.63, 3.8) is 0 Å². The van der Waals surface area contributed by atoms with E-state index in [2.05, 4.69) is 9.97 Å². The maximum atomic E-state index is 12.4. The molecule has 2 aromatic heterocycles. The van der Waals surface area contributed by atoms with E-state index in [-0.39, 0.29) is 22.3 Å². The molecular formula is C14H8ClF3N4O2S. The quantitative estimate of drug-likeness (QED) is 0.701. The Morgan fingerprint density at radius 1 is 1.24 bits per heavy atom. The first kappa shape index (κ1) is 17.2. The third-order valence-electron chi connectivity index (χ3n) is 2.91. The van der Waals surface area contributed by atoms with Crippen LogP contribution in [0.5, 0.6) is 11.6 Å². The van der Waals surface area contributed by atoms with E-state index in [1.54, 1.807) is 11.4 Å². The van der Waals surface area contributed by atoms with Crippen LogP contribution in [0.25, 0.3) is 10.3 Å². The van der Waals surface area contributed by atoms with E-state index in [9.17, 15) is 18.0 Å². The summed E-state index contributed by atoms with van der Waals surface area (Å²) in [6.45, 7) is 0. The highest BCUT2D eigenvalue weighted by Crippen LogP contribution is 2.32. The zero-order valence-corrected chi connectivity index (χ0v) is 13.7. The number of aromatic nitrogens is 2. The summed E-state index contributed by atoms with van der Waals surface area (Å²) in [5.41, 5.74) is 5.96. The number of alkyl halides is 3. The number of carbonyl (C=O) groups excluding carboxylic acids is 1. The summed E-state index contributed by atoms with van der Waals surface area (Å²) in [6.07, 6.45) is -5.03. The molecule has 0 saturated heterocycles. The van der Waals surface area contributed by atoms with Crippen molar-refractivity contribution in [3.05, 3.63) is 35.4 Å². The molecule has 0 spiro atoms. The molecule has 0 aliphatic rings. The minimum atomic E-state index is -5.03. The number of rotatable bonds is 3. The molecule has 130 valence electrons. The minimum absolute atomic E-state index is 0.0661. The third-order valence-corrected chi connectivity index (χ3v) is 4.04. The molecule has 11 heteroatoms. The average molecular weight is 389 g/mol. The van der Waals surface area contributed by atoms with Crippen LogP contribution in [0.3, 0.4) is 0 Å². The highest BCUT2D eigenvalue weighted by Gasteiger charge is 2.39. The second-order valence-electron chi connectivity index (χ2n) is 4.72. The topological polar surface area (TPSA) is 90.1 Å². The molecule has 0 fully saturated rings. The van der Waals surface area contributed by atoms with Crippen molar-refractivity contribution in [2.75, 3.05) is 11.1 Å². The number of thiazole rings is 1. The Kier molecular flexibility index (Phi) is 4.39. The lowest BCUT2D eigenvalue weighted by Gasteiger charge is -2.11. The SMILES string of the molecule is Nc1nc2ccc(Oc3ccc(Cl)c(NC(=O)C(F)(F)F)c3)nc2s1. The van der Waals surface area contributed by atoms with Crippen molar-refractivity contribution in [1.29, 1.82) is 0 Å². The molecule has 25 heavy (non-hydrogen) atoms. The van der Waals surface area contributed by atoms with Gasteiger partial charge >= 0.3 is 12.1 Å². The predicted molar refractivity (Wildman–Crippen MR) is 88.0 cm³/mol. The Labute approximate surface area is 147 Å². The van der Waals surface area contributed by atoms with E-state index >= 15 is 0 Å². The van der Waals surface area contributed by atoms with Crippen LogP contribution < -0.4 is 15.8 Å². The van der Waals surface area contributed by atoms with Crippen LogP contribution in [0.15, 0.2) is 30.3 Å². The van der Waals surface area contributed by atoms with Crippen LogP contribution >= 0.6 is 22.9 Å². The van der Waals surface area contributed by atoms with Crippen molar-refractivity contribution in [1.82, 2.24) is 9.97 Å². The molecule has 1 aromatic carbocycles. The van der Waals surface area contributed by atoms with Crippen molar-refractivity contribution >= 4 is 50.0 Å². The van der Waals surface area contributed by atoms with Gasteiger partial charge in [0.25, 0.3) is 0 Å². The number of hydrogen-bond acceptors (Lipinski definition) is 6. The predicted octanol–water partition coefficient (Wildman–Crippen LogP) is 4.22. The van der Waals surface area contributed by atoms with Crippen LogP contribution in [0.1, 0.15) is 0 Å². The molecule has 0 radical (unpaired) electrons. The highest BCUT2D eigenvalue weighted by molar-refractivity contribution is 7.21. The number of nitrogen functional groups attached to an aromatic ring is 1. The number of fused-ring (bicyclic) bond motifs is 1. The number of carbonyl (C=O) groups is 1. The number of anilines is 2. The summed E-state index contributed by atoms with van der Waals surface area (Å²) >= 11 is 6.97. The van der Waals surface area contributed by atoms with Crippen LogP contribution in [-0.4, -0.2) is 22.1 Å². The summed E-state index contributed by atoms with van der Waals surface area (Å²) < 4.78 is 42.6. The van der Waals surface area contributed by atoms with E-state index in [0.717, 1.165) is 0 Å². The molecular weight excluding hydrogens is 381 g/mol. The van der Waals surface area contributed by atoms with E-state index in [4.69, 9.17) is 22.1 Å². The van der Waals surface area contributed by atoms with Crippen LogP contribution in [0, 0.1) is 0 Å². The van der Waals surface area contributed by atoms with E-state index in [0.29, 0.717) is 15.5 Å². The molecule has 3 N–H and O–H groups in total. The standard InChI is InChI=1S/C14H8ClF3N4O2S/c15-7-2-1-6(5-9(7)20-12(23)14(16,17)18)24-10-4-3-8-11(22-10)25-13(19)21-8/h1-5H,(H2,19,21)(H,20,23). The van der Waals surface area contributed by atoms with Gasteiger partial charge in [-0.2, -0.15) is 13.2 Å². The lowest BCUT2D eigenvalue weighted by atomic mass is 10.3. The van der Waals surface area contributed by atoms with Crippen molar-refractivity contribution in [3.8, 4) is 11.6 Å². The first-order chi connectivity index (χ1) is 11.7. The normalized spacial score (nSPS) is 11.5. The molecule has 0 unspecified atom stereocenters. The second-order valence-corrected chi connectivity index (χ2v) is 6.14. The monoisotopic (exact) mass is 388 g/mol. The fraction of sp³-hybridized carbons (Fsp3) is 0.0714.